The van der Waals surface area contributed by atoms with Crippen LogP contribution in [-0.2, 0) is 0 Å². The molecule has 2 heteroatoms. The second kappa shape index (κ2) is 8.89. The van der Waals surface area contributed by atoms with Crippen LogP contribution in [0.1, 0.15) is 0 Å². The van der Waals surface area contributed by atoms with Gasteiger partial charge < -0.3 is 0 Å². The molecule has 0 aliphatic heterocycles. The Hall–Kier alpha value is 1.02. The monoisotopic (exact) mass is 242 g/mol. The molecule has 5 heavy (non-hydrogen) atoms. The van der Waals surface area contributed by atoms with Crippen LogP contribution in [0.3, 0.4) is 0 Å². The number of allylic oxidation sites excluding steroid dienone is 1. The first kappa shape index (κ1) is 9.39. The number of halogens is 1. The molecule has 0 N–H and O–H groups in total. The van der Waals surface area contributed by atoms with E-state index in [1.807, 2.05) is 0 Å². The maximum absolute atomic E-state index is 3.43. The van der Waals surface area contributed by atoms with Crippen molar-refractivity contribution in [3.63, 3.8) is 0 Å². The summed E-state index contributed by atoms with van der Waals surface area (Å²) in [6, 6.07) is 0. The number of rotatable bonds is 1. The summed E-state index contributed by atoms with van der Waals surface area (Å²) in [6.07, 6.45) is 1.79. The summed E-state index contributed by atoms with van der Waals surface area (Å²) in [5, 5.41) is 0.896. The molecule has 0 amide bonds. The van der Waals surface area contributed by atoms with Crippen LogP contribution in [0.2, 0.25) is 0 Å². The average molecular weight is 242 g/mol. The van der Waals surface area contributed by atoms with Crippen LogP contribution in [0, 0.1) is 0 Å². The van der Waals surface area contributed by atoms with Gasteiger partial charge in [0.25, 0.3) is 0 Å². The van der Waals surface area contributed by atoms with Crippen LogP contribution >= 0.6 is 15.9 Å². The van der Waals surface area contributed by atoms with Gasteiger partial charge in [0.1, 0.15) is 0 Å². The first-order valence-corrected chi connectivity index (χ1v) is 2.21. The number of alkyl halides is 1. The molecule has 0 rings (SSSR count). The molecule has 0 saturated carbocycles. The summed E-state index contributed by atoms with van der Waals surface area (Å²) < 4.78 is 0. The van der Waals surface area contributed by atoms with E-state index in [1.54, 1.807) is 6.08 Å². The molecular formula is C3H7BrSn. The van der Waals surface area contributed by atoms with Crippen LogP contribution in [-0.4, -0.2) is 29.2 Å². The van der Waals surface area contributed by atoms with Crippen LogP contribution in [0.15, 0.2) is 12.7 Å². The average Bonchev–Trinajstić information content (AvgIpc) is 1.37. The Labute approximate surface area is 57.7 Å². The molecule has 30 valence electrons. The molecular weight excluding hydrogens is 235 g/mol. The molecule has 0 fully saturated rings. The zero-order valence-electron chi connectivity index (χ0n) is 3.08. The van der Waals surface area contributed by atoms with E-state index in [2.05, 4.69) is 22.5 Å². The quantitative estimate of drug-likeness (QED) is 0.359. The number of hydrogen-bond donors (Lipinski definition) is 0. The molecule has 0 saturated heterocycles. The van der Waals surface area contributed by atoms with Gasteiger partial charge in [0.05, 0.1) is 0 Å². The fourth-order valence-electron chi connectivity index (χ4n) is 0. The van der Waals surface area contributed by atoms with Crippen molar-refractivity contribution in [3.05, 3.63) is 12.7 Å². The molecule has 0 aromatic carbocycles. The van der Waals surface area contributed by atoms with Gasteiger partial charge in [-0.1, -0.05) is 22.0 Å². The van der Waals surface area contributed by atoms with Gasteiger partial charge in [0.15, 0.2) is 0 Å². The fourth-order valence-corrected chi connectivity index (χ4v) is 0. The third-order valence-electron chi connectivity index (χ3n) is 0.109. The van der Waals surface area contributed by atoms with Crippen molar-refractivity contribution in [1.29, 1.82) is 0 Å². The van der Waals surface area contributed by atoms with E-state index in [0.29, 0.717) is 0 Å². The van der Waals surface area contributed by atoms with Crippen LogP contribution in [0.25, 0.3) is 0 Å². The summed E-state index contributed by atoms with van der Waals surface area (Å²) >= 11 is 3.13. The third-order valence-corrected chi connectivity index (χ3v) is 0.567. The molecule has 0 bridgehead atoms. The molecule has 0 aromatic rings. The van der Waals surface area contributed by atoms with E-state index in [4.69, 9.17) is 0 Å². The van der Waals surface area contributed by atoms with Gasteiger partial charge in [0, 0.05) is 5.33 Å². The summed E-state index contributed by atoms with van der Waals surface area (Å²) in [5.74, 6) is 0. The SMILES string of the molecule is C=CCBr.[SnH2]. The van der Waals surface area contributed by atoms with E-state index < -0.39 is 0 Å². The predicted octanol–water partition coefficient (Wildman–Crippen LogP) is 0.651. The molecule has 0 unspecified atom stereocenters. The van der Waals surface area contributed by atoms with Crippen LogP contribution in [0.5, 0.6) is 0 Å². The van der Waals surface area contributed by atoms with Gasteiger partial charge in [-0.2, -0.15) is 0 Å². The first-order valence-electron chi connectivity index (χ1n) is 1.08. The Morgan fingerprint density at radius 3 is 2.00 bits per heavy atom. The number of hydrogen-bond acceptors (Lipinski definition) is 0. The first-order chi connectivity index (χ1) is 1.91. The molecule has 2 radical (unpaired) electrons. The maximum atomic E-state index is 3.43. The minimum atomic E-state index is 0. The van der Waals surface area contributed by atoms with Crippen molar-refractivity contribution in [2.45, 2.75) is 0 Å². The second-order valence-corrected chi connectivity index (χ2v) is 1.09. The molecule has 0 atom stereocenters. The standard InChI is InChI=1S/C3H5Br.Sn.2H/c1-2-3-4;;;/h2H,1,3H2;;;. The Balaban J connectivity index is 0. The Bertz CT molecular complexity index is 20.9. The fraction of sp³-hybridized carbons (Fsp3) is 0.333. The van der Waals surface area contributed by atoms with Crippen molar-refractivity contribution >= 4 is 39.8 Å². The minimum absolute atomic E-state index is 0. The topological polar surface area (TPSA) is 0 Å². The van der Waals surface area contributed by atoms with Gasteiger partial charge in [-0.25, -0.2) is 0 Å². The van der Waals surface area contributed by atoms with Gasteiger partial charge in [-0.15, -0.1) is 6.58 Å². The molecule has 0 aliphatic carbocycles. The zero-order chi connectivity index (χ0) is 3.41. The Morgan fingerprint density at radius 2 is 2.00 bits per heavy atom. The van der Waals surface area contributed by atoms with E-state index in [0.717, 1.165) is 5.33 Å². The van der Waals surface area contributed by atoms with E-state index in [9.17, 15) is 0 Å². The predicted molar refractivity (Wildman–Crippen MR) is 32.5 cm³/mol. The van der Waals surface area contributed by atoms with E-state index in [-0.39, 0.29) is 23.9 Å². The summed E-state index contributed by atoms with van der Waals surface area (Å²) in [6.45, 7) is 3.43. The summed E-state index contributed by atoms with van der Waals surface area (Å²) in [5.41, 5.74) is 0. The van der Waals surface area contributed by atoms with Gasteiger partial charge in [-0.05, 0) is 0 Å². The van der Waals surface area contributed by atoms with Gasteiger partial charge in [-0.3, -0.25) is 0 Å². The van der Waals surface area contributed by atoms with Crippen molar-refractivity contribution in [1.82, 2.24) is 0 Å². The van der Waals surface area contributed by atoms with Crippen molar-refractivity contribution in [2.75, 3.05) is 5.33 Å². The molecule has 0 aromatic heterocycles. The summed E-state index contributed by atoms with van der Waals surface area (Å²) in [4.78, 5) is 0. The van der Waals surface area contributed by atoms with E-state index >= 15 is 0 Å². The normalized spacial score (nSPS) is 5.00. The molecule has 0 spiro atoms. The van der Waals surface area contributed by atoms with Gasteiger partial charge in [0.2, 0.25) is 0 Å². The summed E-state index contributed by atoms with van der Waals surface area (Å²) in [7, 11) is 0. The third kappa shape index (κ3) is 11.2. The van der Waals surface area contributed by atoms with Crippen molar-refractivity contribution in [2.24, 2.45) is 0 Å². The van der Waals surface area contributed by atoms with Crippen LogP contribution < -0.4 is 0 Å². The molecule has 0 aliphatic rings. The molecule has 0 heterocycles. The zero-order valence-corrected chi connectivity index (χ0v) is 8.70. The Morgan fingerprint density at radius 1 is 1.80 bits per heavy atom. The van der Waals surface area contributed by atoms with Crippen molar-refractivity contribution in [3.8, 4) is 0 Å². The van der Waals surface area contributed by atoms with E-state index in [1.165, 1.54) is 0 Å². The Kier molecular flexibility index (Phi) is 16.7. The second-order valence-electron chi connectivity index (χ2n) is 0.443. The molecule has 0 nitrogen and oxygen atoms in total. The van der Waals surface area contributed by atoms with Gasteiger partial charge >= 0.3 is 23.9 Å². The van der Waals surface area contributed by atoms with Crippen LogP contribution in [0.4, 0.5) is 0 Å². The van der Waals surface area contributed by atoms with Crippen molar-refractivity contribution < 1.29 is 0 Å².